The van der Waals surface area contributed by atoms with Crippen molar-refractivity contribution in [3.8, 4) is 16.5 Å². The normalized spacial score (nSPS) is 10.8. The molecule has 1 amide bonds. The number of para-hydroxylation sites is 2. The standard InChI is InChI=1S/C21H16ClN3O2S/c1-2-27-18-12-11-14(22)19(25-18)20(26)23-15-8-4-3-7-13(15)21-24-16-9-5-6-10-17(16)28-21/h3-12H,2H2,1H3,(H,23,26). The number of hydrogen-bond acceptors (Lipinski definition) is 5. The highest BCUT2D eigenvalue weighted by atomic mass is 35.5. The van der Waals surface area contributed by atoms with Crippen LogP contribution in [0.15, 0.2) is 60.7 Å². The van der Waals surface area contributed by atoms with Gasteiger partial charge in [-0.25, -0.2) is 9.97 Å². The zero-order valence-electron chi connectivity index (χ0n) is 15.0. The Balaban J connectivity index is 1.68. The van der Waals surface area contributed by atoms with Crippen molar-refractivity contribution in [1.82, 2.24) is 9.97 Å². The van der Waals surface area contributed by atoms with Crippen LogP contribution in [-0.2, 0) is 0 Å². The van der Waals surface area contributed by atoms with Crippen LogP contribution >= 0.6 is 22.9 Å². The summed E-state index contributed by atoms with van der Waals surface area (Å²) in [4.78, 5) is 21.7. The third-order valence-corrected chi connectivity index (χ3v) is 5.40. The van der Waals surface area contributed by atoms with Crippen LogP contribution in [0.1, 0.15) is 17.4 Å². The summed E-state index contributed by atoms with van der Waals surface area (Å²) in [5.74, 6) is -0.0448. The van der Waals surface area contributed by atoms with Gasteiger partial charge in [-0.05, 0) is 37.3 Å². The zero-order valence-corrected chi connectivity index (χ0v) is 16.6. The van der Waals surface area contributed by atoms with Crippen molar-refractivity contribution in [3.05, 3.63) is 71.4 Å². The molecule has 2 heterocycles. The molecule has 1 N–H and O–H groups in total. The molecule has 5 nitrogen and oxygen atoms in total. The monoisotopic (exact) mass is 409 g/mol. The van der Waals surface area contributed by atoms with Gasteiger partial charge in [0.25, 0.3) is 5.91 Å². The van der Waals surface area contributed by atoms with E-state index in [0.717, 1.165) is 20.8 Å². The lowest BCUT2D eigenvalue weighted by Gasteiger charge is -2.11. The first-order valence-corrected chi connectivity index (χ1v) is 9.91. The van der Waals surface area contributed by atoms with Gasteiger partial charge in [0.05, 0.1) is 27.5 Å². The Labute approximate surface area is 171 Å². The number of thiazole rings is 1. The van der Waals surface area contributed by atoms with Crippen LogP contribution in [0.2, 0.25) is 5.02 Å². The maximum absolute atomic E-state index is 12.8. The smallest absolute Gasteiger partial charge is 0.275 e. The van der Waals surface area contributed by atoms with E-state index >= 15 is 0 Å². The van der Waals surface area contributed by atoms with Crippen LogP contribution in [-0.4, -0.2) is 22.5 Å². The molecule has 28 heavy (non-hydrogen) atoms. The Morgan fingerprint density at radius 2 is 1.86 bits per heavy atom. The molecule has 0 saturated heterocycles. The third-order valence-electron chi connectivity index (χ3n) is 4.03. The number of hydrogen-bond donors (Lipinski definition) is 1. The molecule has 4 rings (SSSR count). The van der Waals surface area contributed by atoms with E-state index in [9.17, 15) is 4.79 Å². The quantitative estimate of drug-likeness (QED) is 0.461. The first kappa shape index (κ1) is 18.4. The van der Waals surface area contributed by atoms with Crippen molar-refractivity contribution >= 4 is 44.7 Å². The number of fused-ring (bicyclic) bond motifs is 1. The topological polar surface area (TPSA) is 64.1 Å². The van der Waals surface area contributed by atoms with E-state index in [1.54, 1.807) is 23.5 Å². The number of aromatic nitrogens is 2. The Morgan fingerprint density at radius 3 is 2.68 bits per heavy atom. The lowest BCUT2D eigenvalue weighted by Crippen LogP contribution is -2.15. The minimum Gasteiger partial charge on any atom is -0.478 e. The van der Waals surface area contributed by atoms with Gasteiger partial charge < -0.3 is 10.1 Å². The van der Waals surface area contributed by atoms with E-state index < -0.39 is 5.91 Å². The molecule has 0 unspecified atom stereocenters. The Bertz CT molecular complexity index is 1130. The van der Waals surface area contributed by atoms with Gasteiger partial charge in [-0.3, -0.25) is 4.79 Å². The van der Waals surface area contributed by atoms with Gasteiger partial charge in [0, 0.05) is 11.6 Å². The number of rotatable bonds is 5. The fourth-order valence-electron chi connectivity index (χ4n) is 2.76. The number of amides is 1. The molecule has 0 saturated carbocycles. The molecule has 0 fully saturated rings. The lowest BCUT2D eigenvalue weighted by atomic mass is 10.2. The van der Waals surface area contributed by atoms with E-state index in [4.69, 9.17) is 16.3 Å². The molecule has 0 radical (unpaired) electrons. The fraction of sp³-hybridized carbons (Fsp3) is 0.0952. The Kier molecular flexibility index (Phi) is 5.23. The van der Waals surface area contributed by atoms with E-state index in [-0.39, 0.29) is 10.7 Å². The molecular weight excluding hydrogens is 394 g/mol. The van der Waals surface area contributed by atoms with E-state index in [2.05, 4.69) is 15.3 Å². The number of nitrogens with one attached hydrogen (secondary N) is 1. The number of pyridine rings is 1. The van der Waals surface area contributed by atoms with Crippen molar-refractivity contribution in [2.24, 2.45) is 0 Å². The minimum absolute atomic E-state index is 0.117. The van der Waals surface area contributed by atoms with Crippen LogP contribution in [0.5, 0.6) is 5.88 Å². The number of ether oxygens (including phenoxy) is 1. The van der Waals surface area contributed by atoms with Crippen LogP contribution in [0, 0.1) is 0 Å². The molecule has 0 spiro atoms. The van der Waals surface area contributed by atoms with Gasteiger partial charge in [-0.2, -0.15) is 0 Å². The summed E-state index contributed by atoms with van der Waals surface area (Å²) in [6.07, 6.45) is 0. The fourth-order valence-corrected chi connectivity index (χ4v) is 3.96. The summed E-state index contributed by atoms with van der Waals surface area (Å²) < 4.78 is 6.46. The molecule has 0 aliphatic carbocycles. The van der Waals surface area contributed by atoms with Crippen molar-refractivity contribution in [3.63, 3.8) is 0 Å². The number of nitrogens with zero attached hydrogens (tertiary/aromatic N) is 2. The van der Waals surface area contributed by atoms with Crippen molar-refractivity contribution in [1.29, 1.82) is 0 Å². The van der Waals surface area contributed by atoms with Gasteiger partial charge in [0.2, 0.25) is 5.88 Å². The van der Waals surface area contributed by atoms with Gasteiger partial charge >= 0.3 is 0 Å². The maximum Gasteiger partial charge on any atom is 0.275 e. The number of carbonyl (C=O) groups excluding carboxylic acids is 1. The summed E-state index contributed by atoms with van der Waals surface area (Å²) in [5.41, 5.74) is 2.53. The summed E-state index contributed by atoms with van der Waals surface area (Å²) in [5, 5.41) is 4.00. The summed E-state index contributed by atoms with van der Waals surface area (Å²) in [6.45, 7) is 2.31. The molecule has 0 atom stereocenters. The van der Waals surface area contributed by atoms with Crippen LogP contribution in [0.4, 0.5) is 5.69 Å². The number of halogens is 1. The molecular formula is C21H16ClN3O2S. The molecule has 7 heteroatoms. The second kappa shape index (κ2) is 7.96. The molecule has 2 aromatic carbocycles. The summed E-state index contributed by atoms with van der Waals surface area (Å²) in [7, 11) is 0. The molecule has 4 aromatic rings. The lowest BCUT2D eigenvalue weighted by molar-refractivity contribution is 0.102. The second-order valence-corrected chi connectivity index (χ2v) is 7.34. The van der Waals surface area contributed by atoms with Crippen molar-refractivity contribution in [2.75, 3.05) is 11.9 Å². The maximum atomic E-state index is 12.8. The molecule has 0 bridgehead atoms. The highest BCUT2D eigenvalue weighted by molar-refractivity contribution is 7.21. The largest absolute Gasteiger partial charge is 0.478 e. The van der Waals surface area contributed by atoms with Crippen molar-refractivity contribution in [2.45, 2.75) is 6.92 Å². The first-order valence-electron chi connectivity index (χ1n) is 8.71. The van der Waals surface area contributed by atoms with Gasteiger partial charge in [-0.15, -0.1) is 11.3 Å². The van der Waals surface area contributed by atoms with Crippen LogP contribution < -0.4 is 10.1 Å². The Morgan fingerprint density at radius 1 is 1.07 bits per heavy atom. The zero-order chi connectivity index (χ0) is 19.5. The van der Waals surface area contributed by atoms with Gasteiger partial charge in [0.15, 0.2) is 5.69 Å². The number of benzene rings is 2. The van der Waals surface area contributed by atoms with Gasteiger partial charge in [-0.1, -0.05) is 35.9 Å². The minimum atomic E-state index is -0.403. The van der Waals surface area contributed by atoms with Gasteiger partial charge in [0.1, 0.15) is 5.01 Å². The average Bonchev–Trinajstić information content (AvgIpc) is 3.14. The van der Waals surface area contributed by atoms with Crippen LogP contribution in [0.3, 0.4) is 0 Å². The predicted molar refractivity (Wildman–Crippen MR) is 113 cm³/mol. The van der Waals surface area contributed by atoms with E-state index in [1.165, 1.54) is 0 Å². The predicted octanol–water partition coefficient (Wildman–Crippen LogP) is 5.66. The van der Waals surface area contributed by atoms with Crippen LogP contribution in [0.25, 0.3) is 20.8 Å². The number of anilines is 1. The van der Waals surface area contributed by atoms with E-state index in [0.29, 0.717) is 18.2 Å². The first-order chi connectivity index (χ1) is 13.7. The molecule has 2 aromatic heterocycles. The van der Waals surface area contributed by atoms with E-state index in [1.807, 2.05) is 55.5 Å². The summed E-state index contributed by atoms with van der Waals surface area (Å²) in [6, 6.07) is 18.7. The SMILES string of the molecule is CCOc1ccc(Cl)c(C(=O)Nc2ccccc2-c2nc3ccccc3s2)n1. The number of carbonyl (C=O) groups is 1. The average molecular weight is 410 g/mol. The van der Waals surface area contributed by atoms with Crippen molar-refractivity contribution < 1.29 is 9.53 Å². The summed E-state index contributed by atoms with van der Waals surface area (Å²) >= 11 is 7.75. The molecule has 0 aliphatic heterocycles. The Hall–Kier alpha value is -2.96. The highest BCUT2D eigenvalue weighted by Crippen LogP contribution is 2.34. The molecule has 0 aliphatic rings. The highest BCUT2D eigenvalue weighted by Gasteiger charge is 2.17. The second-order valence-electron chi connectivity index (χ2n) is 5.90. The molecule has 140 valence electrons. The third kappa shape index (κ3) is 3.69.